The van der Waals surface area contributed by atoms with Gasteiger partial charge >= 0.3 is 0 Å². The lowest BCUT2D eigenvalue weighted by Crippen LogP contribution is -2.68. The van der Waals surface area contributed by atoms with Gasteiger partial charge in [-0.25, -0.2) is 4.39 Å². The highest BCUT2D eigenvalue weighted by atomic mass is 19.1. The minimum absolute atomic E-state index is 0.0300. The standard InChI is InChI=1S/C29H37FN2O3/c1-18-19(6-5-15-31-18)7-8-20-9-10-23-26(20,2)11-13-28(30)16-21-24(33)25(34)22(32(3)4)17-27(21)12-14-29(23,28)35-27/h5-9,15-16,22-25,33-34H,10-14,17H2,1-4H3. The van der Waals surface area contributed by atoms with Crippen LogP contribution in [0.2, 0.25) is 0 Å². The van der Waals surface area contributed by atoms with Gasteiger partial charge in [0.2, 0.25) is 0 Å². The van der Waals surface area contributed by atoms with Crippen LogP contribution in [-0.4, -0.2) is 69.3 Å². The van der Waals surface area contributed by atoms with Gasteiger partial charge in [-0.2, -0.15) is 0 Å². The molecule has 5 aliphatic rings. The van der Waals surface area contributed by atoms with Crippen LogP contribution >= 0.6 is 0 Å². The first-order chi connectivity index (χ1) is 16.6. The van der Waals surface area contributed by atoms with E-state index in [4.69, 9.17) is 4.74 Å². The number of alkyl halides is 1. The number of aryl methyl sites for hydroxylation is 1. The summed E-state index contributed by atoms with van der Waals surface area (Å²) in [6.07, 6.45) is 11.8. The van der Waals surface area contributed by atoms with Crippen LogP contribution in [0.4, 0.5) is 4.39 Å². The van der Waals surface area contributed by atoms with Crippen molar-refractivity contribution in [2.24, 2.45) is 11.3 Å². The van der Waals surface area contributed by atoms with E-state index in [1.54, 1.807) is 12.3 Å². The molecule has 2 saturated carbocycles. The van der Waals surface area contributed by atoms with Crippen molar-refractivity contribution in [2.45, 2.75) is 87.5 Å². The lowest BCUT2D eigenvalue weighted by molar-refractivity contribution is -0.241. The number of nitrogens with zero attached hydrogens (tertiary/aromatic N) is 2. The fourth-order valence-electron chi connectivity index (χ4n) is 8.13. The van der Waals surface area contributed by atoms with E-state index in [2.05, 4.69) is 36.2 Å². The second-order valence-corrected chi connectivity index (χ2v) is 12.0. The molecule has 6 rings (SSSR count). The molecule has 1 saturated heterocycles. The van der Waals surface area contributed by atoms with E-state index in [1.807, 2.05) is 32.0 Å². The van der Waals surface area contributed by atoms with Crippen LogP contribution in [0.25, 0.3) is 6.08 Å². The van der Waals surface area contributed by atoms with Crippen molar-refractivity contribution < 1.29 is 19.3 Å². The molecule has 0 radical (unpaired) electrons. The Morgan fingerprint density at radius 3 is 2.71 bits per heavy atom. The van der Waals surface area contributed by atoms with Crippen LogP contribution in [0.15, 0.2) is 47.7 Å². The van der Waals surface area contributed by atoms with Crippen LogP contribution in [0, 0.1) is 18.3 Å². The molecule has 6 heteroatoms. The number of aliphatic hydroxyl groups excluding tert-OH is 2. The summed E-state index contributed by atoms with van der Waals surface area (Å²) in [6, 6.07) is 3.79. The van der Waals surface area contributed by atoms with Crippen molar-refractivity contribution in [1.29, 1.82) is 0 Å². The van der Waals surface area contributed by atoms with Gasteiger partial charge in [0, 0.05) is 23.9 Å². The second kappa shape index (κ2) is 7.58. The summed E-state index contributed by atoms with van der Waals surface area (Å²) in [6.45, 7) is 4.29. The number of ether oxygens (including phenoxy) is 1. The summed E-state index contributed by atoms with van der Waals surface area (Å²) in [5.74, 6) is 0.0300. The molecule has 3 heterocycles. The number of aliphatic hydroxyl groups is 2. The van der Waals surface area contributed by atoms with Crippen LogP contribution < -0.4 is 0 Å². The van der Waals surface area contributed by atoms with Gasteiger partial charge in [0.05, 0.1) is 11.7 Å². The first-order valence-electron chi connectivity index (χ1n) is 13.0. The molecule has 3 fully saturated rings. The van der Waals surface area contributed by atoms with Gasteiger partial charge in [0.1, 0.15) is 11.7 Å². The van der Waals surface area contributed by atoms with Crippen LogP contribution in [-0.2, 0) is 4.74 Å². The molecule has 2 N–H and O–H groups in total. The zero-order valence-corrected chi connectivity index (χ0v) is 21.2. The molecule has 0 aromatic carbocycles. The highest BCUT2D eigenvalue weighted by Gasteiger charge is 2.74. The minimum Gasteiger partial charge on any atom is -0.388 e. The molecule has 2 spiro atoms. The Morgan fingerprint density at radius 1 is 1.17 bits per heavy atom. The Kier molecular flexibility index (Phi) is 5.09. The van der Waals surface area contributed by atoms with Crippen LogP contribution in [0.3, 0.4) is 0 Å². The van der Waals surface area contributed by atoms with E-state index in [9.17, 15) is 10.2 Å². The molecule has 2 aliphatic heterocycles. The number of hydrogen-bond donors (Lipinski definition) is 2. The minimum atomic E-state index is -1.63. The number of halogens is 1. The zero-order valence-electron chi connectivity index (χ0n) is 21.2. The molecule has 3 aliphatic carbocycles. The van der Waals surface area contributed by atoms with Gasteiger partial charge < -0.3 is 19.8 Å². The first kappa shape index (κ1) is 23.5. The summed E-state index contributed by atoms with van der Waals surface area (Å²) in [7, 11) is 3.83. The van der Waals surface area contributed by atoms with E-state index in [1.165, 1.54) is 5.57 Å². The van der Waals surface area contributed by atoms with Gasteiger partial charge in [-0.1, -0.05) is 31.2 Å². The zero-order chi connectivity index (χ0) is 24.8. The molecule has 1 aromatic rings. The normalized spacial score (nSPS) is 46.3. The second-order valence-electron chi connectivity index (χ2n) is 12.0. The SMILES string of the molecule is Cc1ncccc1C=CC1=CCC2C1(C)CCC1(F)C=C3C(O)C(O)C(N(C)C)CC34CCC21O4. The first-order valence-corrected chi connectivity index (χ1v) is 13.0. The maximum atomic E-state index is 17.0. The maximum absolute atomic E-state index is 17.0. The van der Waals surface area contributed by atoms with E-state index < -0.39 is 29.1 Å². The number of hydrogen-bond acceptors (Lipinski definition) is 5. The average molecular weight is 481 g/mol. The van der Waals surface area contributed by atoms with Crippen LogP contribution in [0.5, 0.6) is 0 Å². The Balaban J connectivity index is 1.37. The predicted molar refractivity (Wildman–Crippen MR) is 133 cm³/mol. The van der Waals surface area contributed by atoms with Gasteiger partial charge in [0.25, 0.3) is 0 Å². The summed E-state index contributed by atoms with van der Waals surface area (Å²) >= 11 is 0. The summed E-state index contributed by atoms with van der Waals surface area (Å²) in [4.78, 5) is 6.35. The summed E-state index contributed by atoms with van der Waals surface area (Å²) < 4.78 is 24.0. The van der Waals surface area contributed by atoms with Crippen LogP contribution in [0.1, 0.15) is 56.7 Å². The Bertz CT molecular complexity index is 1150. The van der Waals surface area contributed by atoms with Gasteiger partial charge in [-0.05, 0) is 93.8 Å². The topological polar surface area (TPSA) is 65.8 Å². The van der Waals surface area contributed by atoms with Crippen molar-refractivity contribution in [2.75, 3.05) is 14.1 Å². The number of rotatable bonds is 3. The van der Waals surface area contributed by atoms with Gasteiger partial charge in [-0.15, -0.1) is 0 Å². The Hall–Kier alpha value is -1.86. The molecule has 188 valence electrons. The smallest absolute Gasteiger partial charge is 0.158 e. The third kappa shape index (κ3) is 3.03. The fraction of sp³-hybridized carbons (Fsp3) is 0.621. The summed E-state index contributed by atoms with van der Waals surface area (Å²) in [5, 5.41) is 21.9. The summed E-state index contributed by atoms with van der Waals surface area (Å²) in [5.41, 5.74) is 0.504. The van der Waals surface area contributed by atoms with Crippen molar-refractivity contribution in [3.05, 3.63) is 59.0 Å². The van der Waals surface area contributed by atoms with Crippen molar-refractivity contribution in [1.82, 2.24) is 9.88 Å². The van der Waals surface area contributed by atoms with E-state index in [0.29, 0.717) is 31.3 Å². The number of allylic oxidation sites excluding steroid dienone is 3. The van der Waals surface area contributed by atoms with Crippen molar-refractivity contribution in [3.63, 3.8) is 0 Å². The third-order valence-electron chi connectivity index (χ3n) is 10.2. The molecule has 0 amide bonds. The maximum Gasteiger partial charge on any atom is 0.158 e. The largest absolute Gasteiger partial charge is 0.388 e. The van der Waals surface area contributed by atoms with Gasteiger partial charge in [-0.3, -0.25) is 4.98 Å². The number of fused-ring (bicyclic) bond motifs is 1. The fourth-order valence-corrected chi connectivity index (χ4v) is 8.13. The van der Waals surface area contributed by atoms with E-state index >= 15 is 4.39 Å². The molecule has 5 nitrogen and oxygen atoms in total. The lowest BCUT2D eigenvalue weighted by atomic mass is 9.53. The Labute approximate surface area is 207 Å². The molecule has 2 bridgehead atoms. The number of pyridine rings is 1. The predicted octanol–water partition coefficient (Wildman–Crippen LogP) is 4.14. The number of likely N-dealkylation sites (N-methyl/N-ethyl adjacent to an activating group) is 1. The quantitative estimate of drug-likeness (QED) is 0.637. The lowest BCUT2D eigenvalue weighted by Gasteiger charge is -2.60. The van der Waals surface area contributed by atoms with Crippen molar-refractivity contribution >= 4 is 6.08 Å². The number of aromatic nitrogens is 1. The monoisotopic (exact) mass is 480 g/mol. The van der Waals surface area contributed by atoms with E-state index in [-0.39, 0.29) is 17.4 Å². The molecule has 8 unspecified atom stereocenters. The Morgan fingerprint density at radius 2 is 1.97 bits per heavy atom. The van der Waals surface area contributed by atoms with Gasteiger partial charge in [0.15, 0.2) is 5.67 Å². The molecule has 35 heavy (non-hydrogen) atoms. The highest BCUT2D eigenvalue weighted by molar-refractivity contribution is 5.57. The molecular formula is C29H37FN2O3. The van der Waals surface area contributed by atoms with Crippen molar-refractivity contribution in [3.8, 4) is 0 Å². The highest BCUT2D eigenvalue weighted by Crippen LogP contribution is 2.70. The molecular weight excluding hydrogens is 443 g/mol. The van der Waals surface area contributed by atoms with E-state index in [0.717, 1.165) is 24.1 Å². The average Bonchev–Trinajstić information content (AvgIpc) is 3.34. The third-order valence-corrected chi connectivity index (χ3v) is 10.2. The molecule has 1 aromatic heterocycles. The molecule has 8 atom stereocenters.